The molecule has 1 aliphatic rings. The first kappa shape index (κ1) is 12.0. The van der Waals surface area contributed by atoms with Crippen molar-refractivity contribution in [3.63, 3.8) is 0 Å². The van der Waals surface area contributed by atoms with Gasteiger partial charge in [-0.2, -0.15) is 5.26 Å². The molecule has 4 nitrogen and oxygen atoms in total. The number of nitriles is 1. The summed E-state index contributed by atoms with van der Waals surface area (Å²) in [5.41, 5.74) is 8.93. The molecule has 0 saturated carbocycles. The average molecular weight is 232 g/mol. The minimum Gasteiger partial charge on any atom is -0.384 e. The molecular weight excluding hydrogens is 212 g/mol. The molecule has 0 bridgehead atoms. The van der Waals surface area contributed by atoms with Crippen LogP contribution in [-0.4, -0.2) is 29.6 Å². The Morgan fingerprint density at radius 3 is 2.65 bits per heavy atom. The Labute approximate surface area is 103 Å². The minimum absolute atomic E-state index is 0.412. The molecule has 1 aliphatic heterocycles. The zero-order valence-electron chi connectivity index (χ0n) is 10.8. The number of rotatable bonds is 1. The fourth-order valence-electron chi connectivity index (χ4n) is 2.82. The molecule has 0 radical (unpaired) electrons. The predicted octanol–water partition coefficient (Wildman–Crippen LogP) is 1.83. The topological polar surface area (TPSA) is 58.0 Å². The lowest BCUT2D eigenvalue weighted by atomic mass is 10.1. The summed E-state index contributed by atoms with van der Waals surface area (Å²) in [6.07, 6.45) is 2.34. The van der Waals surface area contributed by atoms with E-state index in [-0.39, 0.29) is 0 Å². The Kier molecular flexibility index (Phi) is 3.12. The monoisotopic (exact) mass is 232 g/mol. The second-order valence-corrected chi connectivity index (χ2v) is 5.01. The lowest BCUT2D eigenvalue weighted by molar-refractivity contribution is 0.212. The van der Waals surface area contributed by atoms with Crippen LogP contribution in [0, 0.1) is 25.2 Å². The van der Waals surface area contributed by atoms with Crippen LogP contribution >= 0.6 is 0 Å². The molecule has 1 atom stereocenters. The fourth-order valence-corrected chi connectivity index (χ4v) is 2.82. The Morgan fingerprint density at radius 1 is 1.41 bits per heavy atom. The van der Waals surface area contributed by atoms with Crippen LogP contribution in [0.5, 0.6) is 0 Å². The molecule has 0 aromatic carbocycles. The van der Waals surface area contributed by atoms with E-state index in [1.807, 2.05) is 6.92 Å². The second-order valence-electron chi connectivity index (χ2n) is 5.01. The lowest BCUT2D eigenvalue weighted by Crippen LogP contribution is -2.34. The van der Waals surface area contributed by atoms with E-state index in [1.165, 1.54) is 6.42 Å². The number of hydrogen-bond acceptors (Lipinski definition) is 3. The molecule has 1 aromatic heterocycles. The third-order valence-corrected chi connectivity index (χ3v) is 3.87. The standard InChI is InChI=1S/C13H20N4/c1-9-10(2)17(13(15)12(9)7-14)11-5-4-6-16(3)8-11/h11H,4-6,8,15H2,1-3H3. The maximum atomic E-state index is 9.13. The molecule has 2 rings (SSSR count). The molecule has 2 heterocycles. The highest BCUT2D eigenvalue weighted by molar-refractivity contribution is 5.58. The van der Waals surface area contributed by atoms with E-state index in [0.29, 0.717) is 17.4 Å². The van der Waals surface area contributed by atoms with Gasteiger partial charge in [0, 0.05) is 18.3 Å². The van der Waals surface area contributed by atoms with Crippen molar-refractivity contribution in [1.29, 1.82) is 5.26 Å². The molecule has 0 spiro atoms. The Balaban J connectivity index is 2.42. The summed E-state index contributed by atoms with van der Waals surface area (Å²) < 4.78 is 2.16. The highest BCUT2D eigenvalue weighted by Crippen LogP contribution is 2.31. The molecule has 1 unspecified atom stereocenters. The average Bonchev–Trinajstić information content (AvgIpc) is 2.50. The van der Waals surface area contributed by atoms with E-state index in [2.05, 4.69) is 29.5 Å². The van der Waals surface area contributed by atoms with Crippen LogP contribution in [0.4, 0.5) is 5.82 Å². The summed E-state index contributed by atoms with van der Waals surface area (Å²) in [4.78, 5) is 2.33. The molecule has 1 aromatic rings. The van der Waals surface area contributed by atoms with Gasteiger partial charge in [0.1, 0.15) is 11.9 Å². The zero-order chi connectivity index (χ0) is 12.6. The number of anilines is 1. The third kappa shape index (κ3) is 1.91. The van der Waals surface area contributed by atoms with Crippen molar-refractivity contribution in [2.24, 2.45) is 0 Å². The van der Waals surface area contributed by atoms with Gasteiger partial charge in [-0.1, -0.05) is 0 Å². The van der Waals surface area contributed by atoms with E-state index in [9.17, 15) is 0 Å². The van der Waals surface area contributed by atoms with Crippen molar-refractivity contribution in [3.05, 3.63) is 16.8 Å². The quantitative estimate of drug-likeness (QED) is 0.803. The Hall–Kier alpha value is -1.47. The Bertz CT molecular complexity index is 467. The number of nitrogens with zero attached hydrogens (tertiary/aromatic N) is 3. The van der Waals surface area contributed by atoms with Crippen LogP contribution in [0.2, 0.25) is 0 Å². The number of hydrogen-bond donors (Lipinski definition) is 1. The van der Waals surface area contributed by atoms with Crippen LogP contribution in [0.15, 0.2) is 0 Å². The van der Waals surface area contributed by atoms with Crippen molar-refractivity contribution < 1.29 is 0 Å². The molecule has 0 aliphatic carbocycles. The maximum Gasteiger partial charge on any atom is 0.122 e. The molecule has 4 heteroatoms. The number of aromatic nitrogens is 1. The van der Waals surface area contributed by atoms with E-state index in [1.54, 1.807) is 0 Å². The summed E-state index contributed by atoms with van der Waals surface area (Å²) in [6.45, 7) is 6.21. The summed E-state index contributed by atoms with van der Waals surface area (Å²) in [5, 5.41) is 9.13. The van der Waals surface area contributed by atoms with Gasteiger partial charge in [-0.15, -0.1) is 0 Å². The second kappa shape index (κ2) is 4.42. The zero-order valence-corrected chi connectivity index (χ0v) is 10.8. The van der Waals surface area contributed by atoms with E-state index >= 15 is 0 Å². The van der Waals surface area contributed by atoms with Crippen molar-refractivity contribution in [2.45, 2.75) is 32.7 Å². The van der Waals surface area contributed by atoms with Crippen molar-refractivity contribution in [2.75, 3.05) is 25.9 Å². The predicted molar refractivity (Wildman–Crippen MR) is 68.8 cm³/mol. The van der Waals surface area contributed by atoms with Gasteiger partial charge < -0.3 is 15.2 Å². The number of piperidine rings is 1. The van der Waals surface area contributed by atoms with Gasteiger partial charge in [0.25, 0.3) is 0 Å². The van der Waals surface area contributed by atoms with Crippen molar-refractivity contribution in [1.82, 2.24) is 9.47 Å². The van der Waals surface area contributed by atoms with Gasteiger partial charge in [0.2, 0.25) is 0 Å². The first-order valence-corrected chi connectivity index (χ1v) is 6.11. The normalized spacial score (nSPS) is 21.4. The highest BCUT2D eigenvalue weighted by atomic mass is 15.2. The molecule has 0 amide bonds. The molecule has 1 saturated heterocycles. The molecular formula is C13H20N4. The number of nitrogen functional groups attached to an aromatic ring is 1. The van der Waals surface area contributed by atoms with Crippen LogP contribution in [0.3, 0.4) is 0 Å². The van der Waals surface area contributed by atoms with Crippen LogP contribution < -0.4 is 5.73 Å². The highest BCUT2D eigenvalue weighted by Gasteiger charge is 2.24. The summed E-state index contributed by atoms with van der Waals surface area (Å²) in [6, 6.07) is 2.63. The number of nitrogens with two attached hydrogens (primary N) is 1. The molecule has 92 valence electrons. The van der Waals surface area contributed by atoms with Crippen molar-refractivity contribution >= 4 is 5.82 Å². The van der Waals surface area contributed by atoms with E-state index in [4.69, 9.17) is 11.0 Å². The van der Waals surface area contributed by atoms with Crippen LogP contribution in [-0.2, 0) is 0 Å². The minimum atomic E-state index is 0.412. The molecule has 1 fully saturated rings. The summed E-state index contributed by atoms with van der Waals surface area (Å²) in [7, 11) is 2.14. The van der Waals surface area contributed by atoms with Gasteiger partial charge in [0.15, 0.2) is 0 Å². The maximum absolute atomic E-state index is 9.13. The summed E-state index contributed by atoms with van der Waals surface area (Å²) >= 11 is 0. The molecule has 2 N–H and O–H groups in total. The van der Waals surface area contributed by atoms with Crippen molar-refractivity contribution in [3.8, 4) is 6.07 Å². The van der Waals surface area contributed by atoms with Gasteiger partial charge >= 0.3 is 0 Å². The SMILES string of the molecule is Cc1c(C#N)c(N)n(C2CCCN(C)C2)c1C. The van der Waals surface area contributed by atoms with Gasteiger partial charge in [-0.3, -0.25) is 0 Å². The number of likely N-dealkylation sites (N-methyl/N-ethyl adjacent to an activating group) is 1. The molecule has 17 heavy (non-hydrogen) atoms. The van der Waals surface area contributed by atoms with Gasteiger partial charge in [0.05, 0.1) is 5.56 Å². The largest absolute Gasteiger partial charge is 0.384 e. The van der Waals surface area contributed by atoms with Gasteiger partial charge in [-0.25, -0.2) is 0 Å². The smallest absolute Gasteiger partial charge is 0.122 e. The fraction of sp³-hybridized carbons (Fsp3) is 0.615. The first-order valence-electron chi connectivity index (χ1n) is 6.11. The third-order valence-electron chi connectivity index (χ3n) is 3.87. The Morgan fingerprint density at radius 2 is 2.12 bits per heavy atom. The van der Waals surface area contributed by atoms with Crippen LogP contribution in [0.25, 0.3) is 0 Å². The van der Waals surface area contributed by atoms with E-state index < -0.39 is 0 Å². The first-order chi connectivity index (χ1) is 8.06. The van der Waals surface area contributed by atoms with Gasteiger partial charge in [-0.05, 0) is 45.8 Å². The lowest BCUT2D eigenvalue weighted by Gasteiger charge is -2.32. The number of likely N-dealkylation sites (tertiary alicyclic amines) is 1. The van der Waals surface area contributed by atoms with Crippen LogP contribution in [0.1, 0.15) is 35.7 Å². The summed E-state index contributed by atoms with van der Waals surface area (Å²) in [5.74, 6) is 0.641. The van der Waals surface area contributed by atoms with E-state index in [0.717, 1.165) is 30.8 Å².